The maximum Gasteiger partial charge on any atom is 0.351 e. The molecule has 2 N–H and O–H groups in total. The average molecular weight is 652 g/mol. The molecule has 1 aromatic heterocycles. The molecule has 1 amide bonds. The van der Waals surface area contributed by atoms with Crippen molar-refractivity contribution in [2.75, 3.05) is 26.1 Å². The number of rotatable bonds is 11. The van der Waals surface area contributed by atoms with E-state index in [0.29, 0.717) is 17.1 Å². The summed E-state index contributed by atoms with van der Waals surface area (Å²) in [7, 11) is 3.16. The van der Waals surface area contributed by atoms with Crippen LogP contribution in [0.4, 0.5) is 10.2 Å². The highest BCUT2D eigenvalue weighted by atomic mass is 19.1. The van der Waals surface area contributed by atoms with Crippen LogP contribution >= 0.6 is 0 Å². The second-order valence-corrected chi connectivity index (χ2v) is 11.1. The largest absolute Gasteiger partial charge is 0.497 e. The first-order valence-electron chi connectivity index (χ1n) is 15.3. The fourth-order valence-corrected chi connectivity index (χ4v) is 5.80. The molecular formula is C37H34FN3O7. The van der Waals surface area contributed by atoms with Gasteiger partial charge < -0.3 is 29.4 Å². The number of carbonyl (C=O) groups is 1. The Morgan fingerprint density at radius 2 is 1.40 bits per heavy atom. The number of ether oxygens (including phenoxy) is 4. The number of hydrogen-bond donors (Lipinski definition) is 2. The monoisotopic (exact) mass is 651 g/mol. The predicted octanol–water partition coefficient (Wildman–Crippen LogP) is 5.12. The first-order valence-corrected chi connectivity index (χ1v) is 15.3. The normalized spacial score (nSPS) is 19.1. The Kier molecular flexibility index (Phi) is 9.62. The van der Waals surface area contributed by atoms with Gasteiger partial charge in [-0.1, -0.05) is 72.8 Å². The van der Waals surface area contributed by atoms with Gasteiger partial charge in [-0.3, -0.25) is 9.36 Å². The maximum absolute atomic E-state index is 15.7. The minimum Gasteiger partial charge on any atom is -0.497 e. The lowest BCUT2D eigenvalue weighted by Gasteiger charge is -2.37. The van der Waals surface area contributed by atoms with Crippen molar-refractivity contribution in [2.24, 2.45) is 0 Å². The van der Waals surface area contributed by atoms with Crippen molar-refractivity contribution in [1.29, 1.82) is 0 Å². The number of anilines is 1. The Labute approximate surface area is 276 Å². The summed E-state index contributed by atoms with van der Waals surface area (Å²) in [6, 6.07) is 34.1. The SMILES string of the molecule is COc1ccc(C(OC[C@H]2OC(n3ccc(NC(=O)c4ccccc4)nc3=O)[C@@H](F)[C@@H]2O)(c2ccccc2)c2ccc(OC)cc2)cc1. The molecule has 1 fully saturated rings. The minimum absolute atomic E-state index is 0.00873. The number of aliphatic hydroxyl groups excluding tert-OH is 1. The zero-order valence-corrected chi connectivity index (χ0v) is 26.2. The lowest BCUT2D eigenvalue weighted by atomic mass is 9.80. The van der Waals surface area contributed by atoms with Crippen LogP contribution in [-0.4, -0.2) is 59.8 Å². The van der Waals surface area contributed by atoms with Gasteiger partial charge in [0.1, 0.15) is 35.1 Å². The zero-order valence-electron chi connectivity index (χ0n) is 26.2. The predicted molar refractivity (Wildman–Crippen MR) is 176 cm³/mol. The molecule has 4 aromatic carbocycles. The van der Waals surface area contributed by atoms with Gasteiger partial charge in [-0.2, -0.15) is 4.98 Å². The molecule has 246 valence electrons. The van der Waals surface area contributed by atoms with Crippen LogP contribution in [0.2, 0.25) is 0 Å². The highest BCUT2D eigenvalue weighted by molar-refractivity contribution is 6.03. The van der Waals surface area contributed by atoms with E-state index in [4.69, 9.17) is 18.9 Å². The van der Waals surface area contributed by atoms with Crippen LogP contribution in [0.5, 0.6) is 11.5 Å². The third kappa shape index (κ3) is 6.43. The van der Waals surface area contributed by atoms with Crippen molar-refractivity contribution in [3.05, 3.63) is 154 Å². The molecule has 0 aliphatic carbocycles. The number of alkyl halides is 1. The summed E-state index contributed by atoms with van der Waals surface area (Å²) in [4.78, 5) is 29.4. The van der Waals surface area contributed by atoms with Crippen molar-refractivity contribution in [3.8, 4) is 11.5 Å². The van der Waals surface area contributed by atoms with Gasteiger partial charge in [-0.25, -0.2) is 9.18 Å². The highest BCUT2D eigenvalue weighted by Crippen LogP contribution is 2.43. The third-order valence-corrected chi connectivity index (χ3v) is 8.31. The van der Waals surface area contributed by atoms with E-state index < -0.39 is 41.8 Å². The van der Waals surface area contributed by atoms with Crippen LogP contribution in [0, 0.1) is 0 Å². The topological polar surface area (TPSA) is 121 Å². The van der Waals surface area contributed by atoms with Crippen LogP contribution in [0.3, 0.4) is 0 Å². The Morgan fingerprint density at radius 1 is 0.854 bits per heavy atom. The second-order valence-electron chi connectivity index (χ2n) is 11.1. The third-order valence-electron chi connectivity index (χ3n) is 8.31. The molecule has 1 aliphatic rings. The van der Waals surface area contributed by atoms with E-state index >= 15 is 4.39 Å². The number of nitrogens with zero attached hydrogens (tertiary/aromatic N) is 2. The summed E-state index contributed by atoms with van der Waals surface area (Å²) in [5, 5.41) is 13.6. The molecule has 0 bridgehead atoms. The number of nitrogens with one attached hydrogen (secondary N) is 1. The van der Waals surface area contributed by atoms with E-state index in [2.05, 4.69) is 10.3 Å². The maximum atomic E-state index is 15.7. The molecule has 0 saturated carbocycles. The van der Waals surface area contributed by atoms with Gasteiger partial charge in [0.15, 0.2) is 12.4 Å². The second kappa shape index (κ2) is 14.2. The van der Waals surface area contributed by atoms with Crippen molar-refractivity contribution in [2.45, 2.75) is 30.2 Å². The summed E-state index contributed by atoms with van der Waals surface area (Å²) in [5.74, 6) is 0.838. The molecular weight excluding hydrogens is 617 g/mol. The van der Waals surface area contributed by atoms with Gasteiger partial charge in [0.25, 0.3) is 5.91 Å². The van der Waals surface area contributed by atoms with Gasteiger partial charge in [-0.15, -0.1) is 0 Å². The van der Waals surface area contributed by atoms with Gasteiger partial charge in [0, 0.05) is 11.8 Å². The summed E-state index contributed by atoms with van der Waals surface area (Å²) in [6.45, 7) is -0.252. The molecule has 1 saturated heterocycles. The number of aliphatic hydroxyl groups is 1. The summed E-state index contributed by atoms with van der Waals surface area (Å²) in [6.07, 6.45) is -4.98. The highest BCUT2D eigenvalue weighted by Gasteiger charge is 2.48. The molecule has 1 unspecified atom stereocenters. The molecule has 2 heterocycles. The number of aromatic nitrogens is 2. The molecule has 48 heavy (non-hydrogen) atoms. The molecule has 4 atom stereocenters. The van der Waals surface area contributed by atoms with Crippen molar-refractivity contribution in [1.82, 2.24) is 9.55 Å². The lowest BCUT2D eigenvalue weighted by molar-refractivity contribution is -0.0950. The Balaban J connectivity index is 1.29. The lowest BCUT2D eigenvalue weighted by Crippen LogP contribution is -2.39. The van der Waals surface area contributed by atoms with Gasteiger partial charge in [0.2, 0.25) is 0 Å². The number of hydrogen-bond acceptors (Lipinski definition) is 8. The Bertz CT molecular complexity index is 1840. The smallest absolute Gasteiger partial charge is 0.351 e. The van der Waals surface area contributed by atoms with Crippen LogP contribution in [-0.2, 0) is 15.1 Å². The quantitative estimate of drug-likeness (QED) is 0.189. The van der Waals surface area contributed by atoms with Crippen LogP contribution in [0.25, 0.3) is 0 Å². The van der Waals surface area contributed by atoms with Crippen LogP contribution in [0.15, 0.2) is 126 Å². The summed E-state index contributed by atoms with van der Waals surface area (Å²) in [5.41, 5.74) is 0.549. The molecule has 1 aliphatic heterocycles. The molecule has 6 rings (SSSR count). The van der Waals surface area contributed by atoms with Gasteiger partial charge in [-0.05, 0) is 59.2 Å². The number of carbonyl (C=O) groups excluding carboxylic acids is 1. The average Bonchev–Trinajstić information content (AvgIpc) is 3.42. The molecule has 10 nitrogen and oxygen atoms in total. The van der Waals surface area contributed by atoms with Gasteiger partial charge >= 0.3 is 5.69 Å². The van der Waals surface area contributed by atoms with E-state index in [9.17, 15) is 14.7 Å². The zero-order chi connectivity index (χ0) is 33.7. The molecule has 5 aromatic rings. The van der Waals surface area contributed by atoms with Crippen LogP contribution < -0.4 is 20.5 Å². The van der Waals surface area contributed by atoms with E-state index in [1.807, 2.05) is 78.9 Å². The van der Waals surface area contributed by atoms with Crippen molar-refractivity contribution in [3.63, 3.8) is 0 Å². The molecule has 11 heteroatoms. The van der Waals surface area contributed by atoms with Crippen LogP contribution in [0.1, 0.15) is 33.3 Å². The number of amides is 1. The summed E-state index contributed by atoms with van der Waals surface area (Å²) < 4.78 is 40.1. The Morgan fingerprint density at radius 3 is 1.94 bits per heavy atom. The van der Waals surface area contributed by atoms with E-state index in [1.165, 1.54) is 12.3 Å². The minimum atomic E-state index is -1.98. The number of methoxy groups -OCH3 is 2. The van der Waals surface area contributed by atoms with E-state index in [0.717, 1.165) is 21.3 Å². The van der Waals surface area contributed by atoms with E-state index in [-0.39, 0.29) is 12.4 Å². The van der Waals surface area contributed by atoms with Gasteiger partial charge in [0.05, 0.1) is 20.8 Å². The molecule has 0 radical (unpaired) electrons. The summed E-state index contributed by atoms with van der Waals surface area (Å²) >= 11 is 0. The molecule has 0 spiro atoms. The number of halogens is 1. The Hall–Kier alpha value is -5.36. The first-order chi connectivity index (χ1) is 23.3. The van der Waals surface area contributed by atoms with E-state index in [1.54, 1.807) is 44.6 Å². The fourth-order valence-electron chi connectivity index (χ4n) is 5.80. The standard InChI is InChI=1S/C37H34FN3O7/c1-45-28-17-13-26(14-18-28)37(25-11-7-4-8-12-25,27-15-19-29(46-2)20-16-27)47-23-30-33(42)32(38)35(48-30)41-22-21-31(40-36(41)44)39-34(43)24-9-5-3-6-10-24/h3-22,30,32-33,35,42H,23H2,1-2H3,(H,39,40,43,44)/t30-,32+,33-,35?/m1/s1. The fraction of sp³-hybridized carbons (Fsp3) is 0.216. The number of benzene rings is 4. The van der Waals surface area contributed by atoms with Crippen molar-refractivity contribution >= 4 is 11.7 Å². The first kappa shape index (κ1) is 32.6. The van der Waals surface area contributed by atoms with Crippen molar-refractivity contribution < 1.29 is 33.2 Å².